The lowest BCUT2D eigenvalue weighted by Gasteiger charge is -2.24. The lowest BCUT2D eigenvalue weighted by atomic mass is 10.1. The first-order valence-corrected chi connectivity index (χ1v) is 4.88. The van der Waals surface area contributed by atoms with Crippen molar-refractivity contribution in [3.8, 4) is 0 Å². The zero-order chi connectivity index (χ0) is 9.42. The van der Waals surface area contributed by atoms with Crippen LogP contribution >= 0.6 is 11.6 Å². The largest absolute Gasteiger partial charge is 0.300 e. The molecule has 0 saturated carbocycles. The van der Waals surface area contributed by atoms with Crippen LogP contribution in [0.1, 0.15) is 17.0 Å². The third kappa shape index (κ3) is 1.69. The summed E-state index contributed by atoms with van der Waals surface area (Å²) in [7, 11) is 2.11. The molecule has 0 N–H and O–H groups in total. The maximum atomic E-state index is 6.14. The van der Waals surface area contributed by atoms with Crippen LogP contribution in [0, 0.1) is 6.92 Å². The fourth-order valence-electron chi connectivity index (χ4n) is 1.75. The van der Waals surface area contributed by atoms with Gasteiger partial charge in [0.1, 0.15) is 0 Å². The summed E-state index contributed by atoms with van der Waals surface area (Å²) >= 11 is 6.14. The average molecular weight is 197 g/mol. The second-order valence-corrected chi connectivity index (χ2v) is 4.07. The Morgan fingerprint density at radius 1 is 1.54 bits per heavy atom. The van der Waals surface area contributed by atoms with E-state index < -0.39 is 0 Å². The smallest absolute Gasteiger partial charge is 0.0594 e. The van der Waals surface area contributed by atoms with Crippen LogP contribution < -0.4 is 0 Å². The number of nitrogens with zero attached hydrogens (tertiary/aromatic N) is 2. The fourth-order valence-corrected chi connectivity index (χ4v) is 2.11. The first kappa shape index (κ1) is 8.97. The Kier molecular flexibility index (Phi) is 2.26. The monoisotopic (exact) mass is 196 g/mol. The number of rotatable bonds is 0. The number of hydrogen-bond acceptors (Lipinski definition) is 2. The molecular weight excluding hydrogens is 184 g/mol. The number of halogens is 1. The predicted molar refractivity (Wildman–Crippen MR) is 54.0 cm³/mol. The molecule has 13 heavy (non-hydrogen) atoms. The third-order valence-corrected chi connectivity index (χ3v) is 2.78. The maximum Gasteiger partial charge on any atom is 0.0594 e. The number of likely N-dealkylation sites (N-methyl/N-ethyl adjacent to an activating group) is 1. The first-order chi connectivity index (χ1) is 6.16. The molecule has 3 heteroatoms. The summed E-state index contributed by atoms with van der Waals surface area (Å²) in [6, 6.07) is 1.95. The highest BCUT2D eigenvalue weighted by Gasteiger charge is 2.17. The average Bonchev–Trinajstić information content (AvgIpc) is 2.02. The molecule has 1 aliphatic heterocycles. The Morgan fingerprint density at radius 3 is 3.08 bits per heavy atom. The summed E-state index contributed by atoms with van der Waals surface area (Å²) in [5, 5.41) is 0.885. The minimum Gasteiger partial charge on any atom is -0.300 e. The quantitative estimate of drug-likeness (QED) is 0.631. The fraction of sp³-hybridized carbons (Fsp3) is 0.500. The van der Waals surface area contributed by atoms with E-state index in [-0.39, 0.29) is 0 Å². The lowest BCUT2D eigenvalue weighted by molar-refractivity contribution is 0.307. The third-order valence-electron chi connectivity index (χ3n) is 2.45. The van der Waals surface area contributed by atoms with E-state index in [1.54, 1.807) is 0 Å². The Hall–Kier alpha value is -0.600. The molecule has 1 aromatic rings. The van der Waals surface area contributed by atoms with E-state index in [0.717, 1.165) is 35.9 Å². The Balaban J connectivity index is 2.47. The number of aromatic nitrogens is 1. The van der Waals surface area contributed by atoms with Crippen LogP contribution in [0.2, 0.25) is 5.02 Å². The molecule has 0 atom stereocenters. The zero-order valence-corrected chi connectivity index (χ0v) is 8.73. The van der Waals surface area contributed by atoms with Crippen molar-refractivity contribution in [1.82, 2.24) is 9.88 Å². The molecule has 2 nitrogen and oxygen atoms in total. The van der Waals surface area contributed by atoms with E-state index in [9.17, 15) is 0 Å². The lowest BCUT2D eigenvalue weighted by Crippen LogP contribution is -2.27. The second-order valence-electron chi connectivity index (χ2n) is 3.66. The molecule has 1 aliphatic rings. The zero-order valence-electron chi connectivity index (χ0n) is 7.97. The highest BCUT2D eigenvalue weighted by atomic mass is 35.5. The van der Waals surface area contributed by atoms with E-state index in [4.69, 9.17) is 11.6 Å². The van der Waals surface area contributed by atoms with Crippen molar-refractivity contribution in [3.05, 3.63) is 28.0 Å². The summed E-state index contributed by atoms with van der Waals surface area (Å²) in [5.74, 6) is 0. The molecule has 0 fully saturated rings. The Bertz CT molecular complexity index is 336. The first-order valence-electron chi connectivity index (χ1n) is 4.50. The minimum atomic E-state index is 0.885. The van der Waals surface area contributed by atoms with Gasteiger partial charge in [0, 0.05) is 23.8 Å². The molecule has 0 aromatic carbocycles. The molecule has 2 heterocycles. The van der Waals surface area contributed by atoms with Gasteiger partial charge < -0.3 is 4.90 Å². The number of aryl methyl sites for hydroxylation is 1. The molecule has 0 aliphatic carbocycles. The van der Waals surface area contributed by atoms with E-state index in [2.05, 4.69) is 16.9 Å². The van der Waals surface area contributed by atoms with Gasteiger partial charge in [-0.25, -0.2) is 0 Å². The van der Waals surface area contributed by atoms with Crippen molar-refractivity contribution >= 4 is 11.6 Å². The van der Waals surface area contributed by atoms with Gasteiger partial charge in [0.05, 0.1) is 5.69 Å². The van der Waals surface area contributed by atoms with Gasteiger partial charge in [0.2, 0.25) is 0 Å². The summed E-state index contributed by atoms with van der Waals surface area (Å²) in [6.45, 7) is 4.00. The van der Waals surface area contributed by atoms with Gasteiger partial charge in [0.25, 0.3) is 0 Å². The van der Waals surface area contributed by atoms with Crippen molar-refractivity contribution in [3.63, 3.8) is 0 Å². The van der Waals surface area contributed by atoms with Crippen molar-refractivity contribution < 1.29 is 0 Å². The van der Waals surface area contributed by atoms with E-state index >= 15 is 0 Å². The number of hydrogen-bond donors (Lipinski definition) is 0. The van der Waals surface area contributed by atoms with E-state index in [1.807, 2.05) is 13.0 Å². The van der Waals surface area contributed by atoms with E-state index in [0.29, 0.717) is 0 Å². The topological polar surface area (TPSA) is 16.1 Å². The van der Waals surface area contributed by atoms with Crippen LogP contribution in [0.5, 0.6) is 0 Å². The molecule has 0 unspecified atom stereocenters. The molecular formula is C10H13ClN2. The van der Waals surface area contributed by atoms with Gasteiger partial charge >= 0.3 is 0 Å². The summed E-state index contributed by atoms with van der Waals surface area (Å²) in [6.07, 6.45) is 1.03. The number of fused-ring (bicyclic) bond motifs is 1. The molecule has 2 rings (SSSR count). The number of pyridine rings is 1. The summed E-state index contributed by atoms with van der Waals surface area (Å²) in [4.78, 5) is 6.77. The van der Waals surface area contributed by atoms with Crippen LogP contribution in [0.3, 0.4) is 0 Å². The summed E-state index contributed by atoms with van der Waals surface area (Å²) < 4.78 is 0. The van der Waals surface area contributed by atoms with Crippen molar-refractivity contribution in [2.75, 3.05) is 13.6 Å². The SMILES string of the molecule is Cc1cc(Cl)c2c(n1)CN(C)CC2. The van der Waals surface area contributed by atoms with Gasteiger partial charge in [-0.3, -0.25) is 4.98 Å². The van der Waals surface area contributed by atoms with Crippen LogP contribution in [-0.4, -0.2) is 23.5 Å². The van der Waals surface area contributed by atoms with Crippen molar-refractivity contribution in [2.45, 2.75) is 19.9 Å². The molecule has 0 bridgehead atoms. The molecule has 70 valence electrons. The molecule has 0 saturated heterocycles. The highest BCUT2D eigenvalue weighted by molar-refractivity contribution is 6.31. The Morgan fingerprint density at radius 2 is 2.31 bits per heavy atom. The summed E-state index contributed by atoms with van der Waals surface area (Å²) in [5.41, 5.74) is 3.41. The van der Waals surface area contributed by atoms with Crippen molar-refractivity contribution in [2.24, 2.45) is 0 Å². The maximum absolute atomic E-state index is 6.14. The minimum absolute atomic E-state index is 0.885. The molecule has 0 spiro atoms. The predicted octanol–water partition coefficient (Wildman–Crippen LogP) is 2.03. The van der Waals surface area contributed by atoms with Gasteiger partial charge in [-0.05, 0) is 32.0 Å². The van der Waals surface area contributed by atoms with Gasteiger partial charge in [-0.2, -0.15) is 0 Å². The Labute approximate surface area is 83.5 Å². The van der Waals surface area contributed by atoms with Crippen LogP contribution in [0.4, 0.5) is 0 Å². The molecule has 1 aromatic heterocycles. The van der Waals surface area contributed by atoms with Gasteiger partial charge in [0.15, 0.2) is 0 Å². The highest BCUT2D eigenvalue weighted by Crippen LogP contribution is 2.24. The second kappa shape index (κ2) is 3.28. The van der Waals surface area contributed by atoms with Crippen molar-refractivity contribution in [1.29, 1.82) is 0 Å². The van der Waals surface area contributed by atoms with Crippen LogP contribution in [0.25, 0.3) is 0 Å². The van der Waals surface area contributed by atoms with Crippen LogP contribution in [0.15, 0.2) is 6.07 Å². The van der Waals surface area contributed by atoms with Gasteiger partial charge in [-0.1, -0.05) is 11.6 Å². The van der Waals surface area contributed by atoms with Crippen LogP contribution in [-0.2, 0) is 13.0 Å². The van der Waals surface area contributed by atoms with E-state index in [1.165, 1.54) is 5.56 Å². The molecule has 0 amide bonds. The molecule has 0 radical (unpaired) electrons. The standard InChI is InChI=1S/C10H13ClN2/c1-7-5-9(11)8-3-4-13(2)6-10(8)12-7/h5H,3-4,6H2,1-2H3. The normalized spacial score (nSPS) is 17.2. The van der Waals surface area contributed by atoms with Gasteiger partial charge in [-0.15, -0.1) is 0 Å².